The van der Waals surface area contributed by atoms with Gasteiger partial charge in [-0.1, -0.05) is 28.1 Å². The first-order valence-corrected chi connectivity index (χ1v) is 7.98. The first kappa shape index (κ1) is 12.4. The number of hydrogen-bond acceptors (Lipinski definition) is 3. The summed E-state index contributed by atoms with van der Waals surface area (Å²) < 4.78 is 6.86. The van der Waals surface area contributed by atoms with Gasteiger partial charge >= 0.3 is 0 Å². The third-order valence-electron chi connectivity index (χ3n) is 2.59. The molecule has 2 nitrogen and oxygen atoms in total. The first-order chi connectivity index (χ1) is 8.72. The molecule has 0 N–H and O–H groups in total. The Labute approximate surface area is 125 Å². The van der Waals surface area contributed by atoms with Crippen molar-refractivity contribution in [1.82, 2.24) is 4.98 Å². The van der Waals surface area contributed by atoms with E-state index in [0.717, 1.165) is 27.2 Å². The first-order valence-electron chi connectivity index (χ1n) is 5.46. The van der Waals surface area contributed by atoms with E-state index in [1.54, 1.807) is 11.3 Å². The van der Waals surface area contributed by atoms with Crippen molar-refractivity contribution in [3.8, 4) is 0 Å². The van der Waals surface area contributed by atoms with Crippen LogP contribution >= 0.6 is 43.2 Å². The van der Waals surface area contributed by atoms with Gasteiger partial charge in [0.2, 0.25) is 0 Å². The Morgan fingerprint density at radius 1 is 1.22 bits per heavy atom. The molecule has 1 unspecified atom stereocenters. The molecule has 0 saturated carbocycles. The van der Waals surface area contributed by atoms with Crippen molar-refractivity contribution in [3.63, 3.8) is 0 Å². The van der Waals surface area contributed by atoms with Gasteiger partial charge in [0.25, 0.3) is 0 Å². The quantitative estimate of drug-likeness (QED) is 0.568. The summed E-state index contributed by atoms with van der Waals surface area (Å²) in [4.78, 5) is 5.99. The fourth-order valence-electron chi connectivity index (χ4n) is 1.76. The Morgan fingerprint density at radius 2 is 2.06 bits per heavy atom. The van der Waals surface area contributed by atoms with E-state index in [0.29, 0.717) is 0 Å². The number of benzene rings is 1. The number of nitrogens with zero attached hydrogens (tertiary/aromatic N) is 1. The summed E-state index contributed by atoms with van der Waals surface area (Å²) in [6.07, 6.45) is 0.752. The molecule has 3 rings (SSSR count). The SMILES string of the molecule is Brc1ccc(C(Br)Cc2nc3ccccc3o2)s1. The standard InChI is InChI=1S/C13H9Br2NOS/c14-8(11-5-6-12(15)18-11)7-13-16-9-3-1-2-4-10(9)17-13/h1-6,8H,7H2. The van der Waals surface area contributed by atoms with Crippen molar-refractivity contribution in [3.05, 3.63) is 51.0 Å². The molecule has 0 radical (unpaired) electrons. The van der Waals surface area contributed by atoms with Crippen molar-refractivity contribution in [2.24, 2.45) is 0 Å². The summed E-state index contributed by atoms with van der Waals surface area (Å²) in [5.74, 6) is 0.766. The number of rotatable bonds is 3. The molecule has 0 saturated heterocycles. The van der Waals surface area contributed by atoms with Crippen LogP contribution in [0.4, 0.5) is 0 Å². The van der Waals surface area contributed by atoms with Crippen LogP contribution in [0.25, 0.3) is 11.1 Å². The molecule has 0 fully saturated rings. The maximum absolute atomic E-state index is 5.72. The van der Waals surface area contributed by atoms with E-state index in [-0.39, 0.29) is 4.83 Å². The molecule has 0 aliphatic rings. The zero-order valence-corrected chi connectivity index (χ0v) is 13.3. The number of aromatic nitrogens is 1. The highest BCUT2D eigenvalue weighted by molar-refractivity contribution is 9.11. The summed E-state index contributed by atoms with van der Waals surface area (Å²) >= 11 is 8.88. The van der Waals surface area contributed by atoms with Gasteiger partial charge in [0.05, 0.1) is 8.61 Å². The van der Waals surface area contributed by atoms with Crippen LogP contribution in [0.3, 0.4) is 0 Å². The Hall–Kier alpha value is -0.650. The highest BCUT2D eigenvalue weighted by atomic mass is 79.9. The average Bonchev–Trinajstić information content (AvgIpc) is 2.94. The van der Waals surface area contributed by atoms with Crippen LogP contribution in [-0.2, 0) is 6.42 Å². The molecule has 0 aliphatic heterocycles. The third kappa shape index (κ3) is 2.53. The van der Waals surface area contributed by atoms with Gasteiger partial charge in [-0.15, -0.1) is 11.3 Å². The Morgan fingerprint density at radius 3 is 2.78 bits per heavy atom. The van der Waals surface area contributed by atoms with E-state index in [9.17, 15) is 0 Å². The average molecular weight is 387 g/mol. The number of para-hydroxylation sites is 2. The maximum atomic E-state index is 5.72. The summed E-state index contributed by atoms with van der Waals surface area (Å²) in [6, 6.07) is 12.0. The van der Waals surface area contributed by atoms with Gasteiger partial charge in [-0.05, 0) is 40.2 Å². The van der Waals surface area contributed by atoms with Gasteiger partial charge < -0.3 is 4.42 Å². The van der Waals surface area contributed by atoms with Crippen LogP contribution in [0.2, 0.25) is 0 Å². The molecule has 1 atom stereocenters. The van der Waals surface area contributed by atoms with E-state index in [2.05, 4.69) is 49.0 Å². The molecule has 2 heterocycles. The van der Waals surface area contributed by atoms with Gasteiger partial charge in [0, 0.05) is 11.3 Å². The van der Waals surface area contributed by atoms with Crippen molar-refractivity contribution in [1.29, 1.82) is 0 Å². The monoisotopic (exact) mass is 385 g/mol. The third-order valence-corrected chi connectivity index (χ3v) is 5.45. The topological polar surface area (TPSA) is 26.0 Å². The summed E-state index contributed by atoms with van der Waals surface area (Å²) in [5.41, 5.74) is 1.76. The van der Waals surface area contributed by atoms with E-state index < -0.39 is 0 Å². The van der Waals surface area contributed by atoms with Gasteiger partial charge in [-0.25, -0.2) is 4.98 Å². The molecule has 0 amide bonds. The van der Waals surface area contributed by atoms with Crippen LogP contribution in [0, 0.1) is 0 Å². The minimum Gasteiger partial charge on any atom is -0.441 e. The molecule has 0 aliphatic carbocycles. The number of fused-ring (bicyclic) bond motifs is 1. The molecule has 0 bridgehead atoms. The number of alkyl halides is 1. The lowest BCUT2D eigenvalue weighted by molar-refractivity contribution is 0.528. The molecule has 5 heteroatoms. The molecule has 2 aromatic heterocycles. The van der Waals surface area contributed by atoms with Crippen molar-refractivity contribution in [2.75, 3.05) is 0 Å². The molecular weight excluding hydrogens is 378 g/mol. The predicted molar refractivity (Wildman–Crippen MR) is 81.4 cm³/mol. The second kappa shape index (κ2) is 5.15. The van der Waals surface area contributed by atoms with Crippen LogP contribution in [0.15, 0.2) is 44.6 Å². The van der Waals surface area contributed by atoms with Gasteiger partial charge in [-0.3, -0.25) is 0 Å². The van der Waals surface area contributed by atoms with Crippen molar-refractivity contribution >= 4 is 54.3 Å². The summed E-state index contributed by atoms with van der Waals surface area (Å²) in [6.45, 7) is 0. The molecule has 3 aromatic rings. The van der Waals surface area contributed by atoms with Crippen LogP contribution in [0.1, 0.15) is 15.6 Å². The van der Waals surface area contributed by atoms with Gasteiger partial charge in [-0.2, -0.15) is 0 Å². The highest BCUT2D eigenvalue weighted by Gasteiger charge is 2.14. The largest absolute Gasteiger partial charge is 0.441 e. The lowest BCUT2D eigenvalue weighted by atomic mass is 10.2. The number of halogens is 2. The van der Waals surface area contributed by atoms with E-state index in [1.807, 2.05) is 24.3 Å². The highest BCUT2D eigenvalue weighted by Crippen LogP contribution is 2.34. The fraction of sp³-hybridized carbons (Fsp3) is 0.154. The Balaban J connectivity index is 1.83. The predicted octanol–water partition coefficient (Wildman–Crippen LogP) is 5.33. The van der Waals surface area contributed by atoms with Gasteiger partial charge in [0.15, 0.2) is 11.5 Å². The normalized spacial score (nSPS) is 13.0. The van der Waals surface area contributed by atoms with Crippen LogP contribution < -0.4 is 0 Å². The molecule has 0 spiro atoms. The lowest BCUT2D eigenvalue weighted by Crippen LogP contribution is -1.92. The maximum Gasteiger partial charge on any atom is 0.196 e. The van der Waals surface area contributed by atoms with E-state index in [1.165, 1.54) is 4.88 Å². The Kier molecular flexibility index (Phi) is 3.54. The minimum atomic E-state index is 0.238. The smallest absolute Gasteiger partial charge is 0.196 e. The number of thiophene rings is 1. The number of hydrogen-bond donors (Lipinski definition) is 0. The van der Waals surface area contributed by atoms with Crippen LogP contribution in [-0.4, -0.2) is 4.98 Å². The Bertz CT molecular complexity index is 643. The minimum absolute atomic E-state index is 0.238. The summed E-state index contributed by atoms with van der Waals surface area (Å²) in [5, 5.41) is 0. The van der Waals surface area contributed by atoms with Crippen molar-refractivity contribution < 1.29 is 4.42 Å². The van der Waals surface area contributed by atoms with Crippen molar-refractivity contribution in [2.45, 2.75) is 11.2 Å². The zero-order valence-electron chi connectivity index (χ0n) is 9.27. The fourth-order valence-corrected chi connectivity index (χ4v) is 3.87. The molecule has 92 valence electrons. The second-order valence-electron chi connectivity index (χ2n) is 3.89. The lowest BCUT2D eigenvalue weighted by Gasteiger charge is -2.03. The second-order valence-corrected chi connectivity index (χ2v) is 7.49. The molecule has 1 aromatic carbocycles. The molecule has 18 heavy (non-hydrogen) atoms. The number of oxazole rings is 1. The zero-order chi connectivity index (χ0) is 12.5. The molecular formula is C13H9Br2NOS. The van der Waals surface area contributed by atoms with E-state index >= 15 is 0 Å². The van der Waals surface area contributed by atoms with Crippen LogP contribution in [0.5, 0.6) is 0 Å². The summed E-state index contributed by atoms with van der Waals surface area (Å²) in [7, 11) is 0. The van der Waals surface area contributed by atoms with Gasteiger partial charge in [0.1, 0.15) is 5.52 Å². The van der Waals surface area contributed by atoms with E-state index in [4.69, 9.17) is 4.42 Å².